The second kappa shape index (κ2) is 13.2. The second-order valence-corrected chi connectivity index (χ2v) is 11.0. The Bertz CT molecular complexity index is 1730. The van der Waals surface area contributed by atoms with E-state index in [0.717, 1.165) is 29.8 Å². The summed E-state index contributed by atoms with van der Waals surface area (Å²) >= 11 is 0. The van der Waals surface area contributed by atoms with Crippen LogP contribution in [0.3, 0.4) is 0 Å². The van der Waals surface area contributed by atoms with E-state index in [-0.39, 0.29) is 11.8 Å². The van der Waals surface area contributed by atoms with Gasteiger partial charge in [0, 0.05) is 17.1 Å². The van der Waals surface area contributed by atoms with Crippen LogP contribution in [-0.4, -0.2) is 15.0 Å². The lowest BCUT2D eigenvalue weighted by Crippen LogP contribution is -2.09. The van der Waals surface area contributed by atoms with Gasteiger partial charge >= 0.3 is 0 Å². The van der Waals surface area contributed by atoms with Crippen LogP contribution in [0.4, 0.5) is 0 Å². The molecule has 1 aliphatic rings. The maximum absolute atomic E-state index is 4.97. The first-order valence-corrected chi connectivity index (χ1v) is 14.9. The normalized spacial score (nSPS) is 15.3. The standard InChI is InChI=1S/C40H35N3/c1-3-31(38-41-39(34-20-12-6-13-21-34)43-40(42-38)35-22-14-7-15-23-35)25-29(2)24-30-26-36(32-16-8-4-9-17-32)28-37(27-30)33-18-10-5-11-19-33/h3-22,25-29,35H,1,23-24H2,2H3/b31-25+/t29-,35?/m1/s1. The van der Waals surface area contributed by atoms with Gasteiger partial charge in [0.05, 0.1) is 0 Å². The van der Waals surface area contributed by atoms with Crippen molar-refractivity contribution >= 4 is 5.57 Å². The van der Waals surface area contributed by atoms with Crippen molar-refractivity contribution in [1.29, 1.82) is 0 Å². The molecule has 1 aliphatic carbocycles. The van der Waals surface area contributed by atoms with Crippen LogP contribution >= 0.6 is 0 Å². The maximum Gasteiger partial charge on any atom is 0.163 e. The van der Waals surface area contributed by atoms with Gasteiger partial charge in [0.1, 0.15) is 5.82 Å². The van der Waals surface area contributed by atoms with Crippen molar-refractivity contribution in [2.45, 2.75) is 25.7 Å². The van der Waals surface area contributed by atoms with Crippen molar-refractivity contribution < 1.29 is 0 Å². The summed E-state index contributed by atoms with van der Waals surface area (Å²) in [6, 6.07) is 38.2. The molecule has 0 spiro atoms. The lowest BCUT2D eigenvalue weighted by Gasteiger charge is -2.16. The third-order valence-electron chi connectivity index (χ3n) is 7.70. The molecule has 0 radical (unpaired) electrons. The Kier molecular flexibility index (Phi) is 8.61. The highest BCUT2D eigenvalue weighted by Gasteiger charge is 2.18. The lowest BCUT2D eigenvalue weighted by atomic mass is 9.91. The molecule has 0 N–H and O–H groups in total. The van der Waals surface area contributed by atoms with E-state index in [0.29, 0.717) is 11.6 Å². The fourth-order valence-corrected chi connectivity index (χ4v) is 5.55. The van der Waals surface area contributed by atoms with Gasteiger partial charge in [-0.2, -0.15) is 0 Å². The van der Waals surface area contributed by atoms with Crippen molar-refractivity contribution in [3.8, 4) is 33.6 Å². The molecule has 1 unspecified atom stereocenters. The zero-order valence-electron chi connectivity index (χ0n) is 24.5. The van der Waals surface area contributed by atoms with Gasteiger partial charge in [0.15, 0.2) is 11.6 Å². The monoisotopic (exact) mass is 557 g/mol. The van der Waals surface area contributed by atoms with Crippen LogP contribution in [0, 0.1) is 5.92 Å². The Labute approximate surface area is 254 Å². The van der Waals surface area contributed by atoms with Gasteiger partial charge in [0.25, 0.3) is 0 Å². The first-order valence-electron chi connectivity index (χ1n) is 14.9. The summed E-state index contributed by atoms with van der Waals surface area (Å²) in [6.45, 7) is 6.40. The van der Waals surface area contributed by atoms with E-state index >= 15 is 0 Å². The summed E-state index contributed by atoms with van der Waals surface area (Å²) < 4.78 is 0. The van der Waals surface area contributed by atoms with Crippen molar-refractivity contribution in [3.05, 3.63) is 169 Å². The van der Waals surface area contributed by atoms with Crippen LogP contribution in [0.25, 0.3) is 39.2 Å². The van der Waals surface area contributed by atoms with Crippen molar-refractivity contribution in [2.24, 2.45) is 5.92 Å². The summed E-state index contributed by atoms with van der Waals surface area (Å²) in [5.41, 5.74) is 8.07. The minimum atomic E-state index is 0.120. The molecule has 0 amide bonds. The molecule has 0 saturated heterocycles. The highest BCUT2D eigenvalue weighted by molar-refractivity contribution is 5.74. The summed E-state index contributed by atoms with van der Waals surface area (Å²) in [6.07, 6.45) is 14.3. The molecule has 1 aromatic heterocycles. The molecule has 1 heterocycles. The topological polar surface area (TPSA) is 38.7 Å². The third-order valence-corrected chi connectivity index (χ3v) is 7.70. The molecular formula is C40H35N3. The van der Waals surface area contributed by atoms with Gasteiger partial charge in [-0.05, 0) is 52.6 Å². The summed E-state index contributed by atoms with van der Waals surface area (Å²) in [7, 11) is 0. The summed E-state index contributed by atoms with van der Waals surface area (Å²) in [5, 5.41) is 0. The van der Waals surface area contributed by atoms with Gasteiger partial charge in [-0.25, -0.2) is 15.0 Å². The zero-order chi connectivity index (χ0) is 29.4. The molecule has 4 aromatic carbocycles. The van der Waals surface area contributed by atoms with Crippen molar-refractivity contribution in [1.82, 2.24) is 15.0 Å². The van der Waals surface area contributed by atoms with Crippen LogP contribution < -0.4 is 0 Å². The molecule has 0 bridgehead atoms. The number of allylic oxidation sites excluding steroid dienone is 7. The molecule has 2 atom stereocenters. The molecule has 6 rings (SSSR count). The van der Waals surface area contributed by atoms with Gasteiger partial charge in [-0.1, -0.05) is 153 Å². The Hall–Kier alpha value is -5.15. The highest BCUT2D eigenvalue weighted by atomic mass is 15.0. The number of hydrogen-bond acceptors (Lipinski definition) is 3. The summed E-state index contributed by atoms with van der Waals surface area (Å²) in [5.74, 6) is 2.48. The Balaban J connectivity index is 1.35. The molecule has 3 heteroatoms. The number of rotatable bonds is 9. The van der Waals surface area contributed by atoms with E-state index < -0.39 is 0 Å². The first-order chi connectivity index (χ1) is 21.2. The molecule has 3 nitrogen and oxygen atoms in total. The van der Waals surface area contributed by atoms with Crippen LogP contribution in [0.15, 0.2) is 152 Å². The first kappa shape index (κ1) is 28.0. The van der Waals surface area contributed by atoms with Crippen LogP contribution in [0.1, 0.15) is 36.5 Å². The smallest absolute Gasteiger partial charge is 0.163 e. The van der Waals surface area contributed by atoms with E-state index in [1.807, 2.05) is 36.4 Å². The Morgan fingerprint density at radius 2 is 1.35 bits per heavy atom. The van der Waals surface area contributed by atoms with E-state index in [4.69, 9.17) is 15.0 Å². The molecule has 43 heavy (non-hydrogen) atoms. The van der Waals surface area contributed by atoms with E-state index in [2.05, 4.69) is 123 Å². The van der Waals surface area contributed by atoms with Gasteiger partial charge in [-0.15, -0.1) is 0 Å². The largest absolute Gasteiger partial charge is 0.212 e. The van der Waals surface area contributed by atoms with Crippen molar-refractivity contribution in [2.75, 3.05) is 0 Å². The van der Waals surface area contributed by atoms with E-state index in [9.17, 15) is 0 Å². The molecule has 210 valence electrons. The minimum Gasteiger partial charge on any atom is -0.212 e. The average molecular weight is 558 g/mol. The highest BCUT2D eigenvalue weighted by Crippen LogP contribution is 2.31. The minimum absolute atomic E-state index is 0.120. The number of hydrogen-bond donors (Lipinski definition) is 0. The predicted molar refractivity (Wildman–Crippen MR) is 179 cm³/mol. The average Bonchev–Trinajstić information content (AvgIpc) is 3.08. The van der Waals surface area contributed by atoms with E-state index in [1.54, 1.807) is 0 Å². The zero-order valence-corrected chi connectivity index (χ0v) is 24.5. The van der Waals surface area contributed by atoms with E-state index in [1.165, 1.54) is 27.8 Å². The number of nitrogens with zero attached hydrogens (tertiary/aromatic N) is 3. The van der Waals surface area contributed by atoms with Gasteiger partial charge in [0.2, 0.25) is 0 Å². The molecule has 0 fully saturated rings. The van der Waals surface area contributed by atoms with Gasteiger partial charge in [-0.3, -0.25) is 0 Å². The molecule has 5 aromatic rings. The quantitative estimate of drug-likeness (QED) is 0.169. The Morgan fingerprint density at radius 1 is 0.744 bits per heavy atom. The fourth-order valence-electron chi connectivity index (χ4n) is 5.55. The van der Waals surface area contributed by atoms with Crippen LogP contribution in [0.2, 0.25) is 0 Å². The number of benzene rings is 4. The lowest BCUT2D eigenvalue weighted by molar-refractivity contribution is 0.723. The third kappa shape index (κ3) is 6.85. The maximum atomic E-state index is 4.97. The fraction of sp³-hybridized carbons (Fsp3) is 0.125. The van der Waals surface area contributed by atoms with Crippen LogP contribution in [-0.2, 0) is 6.42 Å². The van der Waals surface area contributed by atoms with Crippen LogP contribution in [0.5, 0.6) is 0 Å². The summed E-state index contributed by atoms with van der Waals surface area (Å²) in [4.78, 5) is 14.8. The number of aromatic nitrogens is 3. The molecular weight excluding hydrogens is 522 g/mol. The SMILES string of the molecule is C=C/C(=C\[C@H](C)Cc1cc(-c2ccccc2)cc(-c2ccccc2)c1)c1nc(-c2ccccc2)nc(C2C=CC=CC2)n1. The van der Waals surface area contributed by atoms with Crippen molar-refractivity contribution in [3.63, 3.8) is 0 Å². The van der Waals surface area contributed by atoms with Gasteiger partial charge < -0.3 is 0 Å². The molecule has 0 aliphatic heterocycles. The molecule has 0 saturated carbocycles. The second-order valence-electron chi connectivity index (χ2n) is 11.0. The predicted octanol–water partition coefficient (Wildman–Crippen LogP) is 9.92. The Morgan fingerprint density at radius 3 is 1.91 bits per heavy atom.